The van der Waals surface area contributed by atoms with E-state index < -0.39 is 223 Å². The second-order valence-electron chi connectivity index (χ2n) is 36.4. The lowest BCUT2D eigenvalue weighted by Crippen LogP contribution is -2.55. The first kappa shape index (κ1) is 119. The van der Waals surface area contributed by atoms with Gasteiger partial charge in [-0.25, -0.2) is 33.7 Å². The van der Waals surface area contributed by atoms with Gasteiger partial charge in [-0.15, -0.1) is 26.3 Å². The van der Waals surface area contributed by atoms with Crippen molar-refractivity contribution in [2.45, 2.75) is 295 Å². The van der Waals surface area contributed by atoms with Gasteiger partial charge in [-0.3, -0.25) is 0 Å². The quantitative estimate of drug-likeness (QED) is 0.0447. The van der Waals surface area contributed by atoms with Crippen molar-refractivity contribution in [1.82, 2.24) is 0 Å². The summed E-state index contributed by atoms with van der Waals surface area (Å²) in [6.45, 7) is 74.7. The number of rotatable bonds is 42. The fourth-order valence-corrected chi connectivity index (χ4v) is 84.1. The molecule has 0 spiro atoms. The van der Waals surface area contributed by atoms with Crippen LogP contribution in [0.2, 0.25) is 238 Å². The van der Waals surface area contributed by atoms with Crippen molar-refractivity contribution < 1.29 is 119 Å². The standard InChI is InChI=1S/C34H72F6O8S2Si8.C15H28F6O6S2Si3.C8H18OSi2.C6H8Si.C4H14OSi2/c1-51(2,3)45-53(7,8)25-26-55(11,12)47-58(16,24-20-23-32(49(41,42)33(35,36)37)50(43,44)34(38,39)40)48-56(13,14)28-30-57(15,31-21-18-17-19-22-31)29-27-54(9,10)46-52(4,5)6;1-8-30(3,4)26-32(7,27-31(5,6)9-2)12-10-11-13(28(22,23)14(16,17)18)29(24,25)15(19,20)21;1-7-10(3,4)9-11(5,6)8-2;7-6-4-2-1-3-5-6;1-6(2)5-7(3)4/h17-19,21-22,32H,20,23-30H2,1-16H3;8-9,13H,1-2,10-12H2,3-7H3;7-8H,1-2H2,3-6H3;1-5H,7H3;6-7H,1-4H3/t57-,58?;;;;/m1..../s1. The van der Waals surface area contributed by atoms with Crippen molar-refractivity contribution in [2.24, 2.45) is 0 Å². The maximum atomic E-state index is 13.6. The molecule has 0 bridgehead atoms. The molecule has 0 aliphatic carbocycles. The van der Waals surface area contributed by atoms with Gasteiger partial charge in [-0.1, -0.05) is 112 Å². The Balaban J connectivity index is -0.00000180. The number of hydrogen-bond donors (Lipinski definition) is 0. The summed E-state index contributed by atoms with van der Waals surface area (Å²) < 4.78 is 299. The molecule has 2 rings (SSSR count). The fraction of sp³-hybridized carbons (Fsp3) is 0.701. The van der Waals surface area contributed by atoms with Gasteiger partial charge in [0.25, 0.3) is 39.3 Å². The number of alkyl halides is 12. The van der Waals surface area contributed by atoms with E-state index in [2.05, 4.69) is 187 Å². The maximum Gasteiger partial charge on any atom is 0.498 e. The van der Waals surface area contributed by atoms with E-state index in [1.165, 1.54) is 27.2 Å². The minimum atomic E-state index is -6.75. The van der Waals surface area contributed by atoms with Gasteiger partial charge in [-0.2, -0.15) is 52.7 Å². The van der Waals surface area contributed by atoms with Crippen molar-refractivity contribution in [3.63, 3.8) is 0 Å². The number of benzene rings is 2. The second-order valence-corrected chi connectivity index (χ2v) is 107. The van der Waals surface area contributed by atoms with Crippen LogP contribution in [0.1, 0.15) is 25.7 Å². The zero-order valence-corrected chi connectivity index (χ0v) is 94.5. The summed E-state index contributed by atoms with van der Waals surface area (Å²) in [5, 5.41) is 2.76. The van der Waals surface area contributed by atoms with Gasteiger partial charge in [0, 0.05) is 10.2 Å². The molecule has 0 saturated carbocycles. The molecule has 0 N–H and O–H groups in total. The summed E-state index contributed by atoms with van der Waals surface area (Å²) in [6.07, 6.45) is -4.06. The van der Waals surface area contributed by atoms with Gasteiger partial charge >= 0.3 is 39.2 Å². The van der Waals surface area contributed by atoms with Crippen LogP contribution in [-0.4, -0.2) is 202 Å². The Kier molecular flexibility index (Phi) is 47.0. The molecule has 0 aliphatic heterocycles. The maximum absolute atomic E-state index is 13.6. The first-order chi connectivity index (χ1) is 50.6. The number of halogens is 12. The minimum absolute atomic E-state index is 0.190. The van der Waals surface area contributed by atoms with E-state index in [0.29, 0.717) is 12.1 Å². The predicted molar refractivity (Wildman–Crippen MR) is 495 cm³/mol. The Morgan fingerprint density at radius 1 is 0.348 bits per heavy atom. The van der Waals surface area contributed by atoms with Gasteiger partial charge in [0.2, 0.25) is 0 Å². The third kappa shape index (κ3) is 46.3. The SMILES string of the molecule is C=C[Si](C)(C)O[Si](C)(C)C=C.C=C[Si](C)(C)O[Si](C)(CCCC(S(=O)(=O)C(F)(F)F)S(=O)(=O)C(F)(F)F)O[Si](C)(C)C=C.C[SiH](C)O[SiH](C)C.C[Si](C)(C)O[Si](C)(C)CC[Si](C)(C)O[Si](C)(CCCC(S(=O)(=O)C(F)(F)F)S(=O)(=O)C(F)(F)F)O[Si](C)(C)CC[Si@@](C)(CC[Si](C)(C)O[Si](C)(C)C)c1ccccc1.[SiH3]c1ccccc1. The summed E-state index contributed by atoms with van der Waals surface area (Å²) in [4.78, 5) is 0. The van der Waals surface area contributed by atoms with E-state index in [4.69, 9.17) is 32.9 Å². The molecule has 0 aromatic heterocycles. The molecule has 2 atom stereocenters. The van der Waals surface area contributed by atoms with Crippen LogP contribution in [-0.2, 0) is 72.3 Å². The Morgan fingerprint density at radius 3 is 0.783 bits per heavy atom. The Hall–Kier alpha value is -0.490. The molecule has 2 aromatic carbocycles. The van der Waals surface area contributed by atoms with E-state index in [0.717, 1.165) is 24.2 Å². The molecule has 0 amide bonds. The van der Waals surface area contributed by atoms with Crippen LogP contribution in [0.15, 0.2) is 110 Å². The van der Waals surface area contributed by atoms with Crippen molar-refractivity contribution in [3.05, 3.63) is 110 Å². The fourth-order valence-electron chi connectivity index (χ4n) is 12.1. The normalized spacial score (nSPS) is 15.2. The van der Waals surface area contributed by atoms with Crippen molar-refractivity contribution in [2.75, 3.05) is 0 Å². The van der Waals surface area contributed by atoms with Crippen molar-refractivity contribution in [1.29, 1.82) is 0 Å². The van der Waals surface area contributed by atoms with Crippen LogP contribution in [0.5, 0.6) is 0 Å². The molecular weight excluding hydrogens is 1870 g/mol. The van der Waals surface area contributed by atoms with E-state index in [1.54, 1.807) is 44.1 Å². The first-order valence-electron chi connectivity index (χ1n) is 38.0. The number of hydrogen-bond acceptors (Lipinski definition) is 16. The van der Waals surface area contributed by atoms with Crippen molar-refractivity contribution >= 4 is 186 Å². The lowest BCUT2D eigenvalue weighted by Gasteiger charge is -2.43. The molecule has 115 heavy (non-hydrogen) atoms. The highest BCUT2D eigenvalue weighted by Gasteiger charge is 2.64. The summed E-state index contributed by atoms with van der Waals surface area (Å²) >= 11 is 0. The average Bonchev–Trinajstić information content (AvgIpc) is 0.757. The molecule has 676 valence electrons. The highest BCUT2D eigenvalue weighted by Crippen LogP contribution is 2.43. The topological polar surface area (TPSA) is 210 Å². The number of sulfone groups is 4. The molecule has 0 heterocycles. The largest absolute Gasteiger partial charge is 0.498 e. The van der Waals surface area contributed by atoms with Gasteiger partial charge < -0.3 is 32.9 Å². The van der Waals surface area contributed by atoms with E-state index in [9.17, 15) is 86.4 Å². The van der Waals surface area contributed by atoms with Gasteiger partial charge in [0.05, 0.1) is 8.07 Å². The van der Waals surface area contributed by atoms with Crippen LogP contribution in [0.3, 0.4) is 0 Å². The summed E-state index contributed by atoms with van der Waals surface area (Å²) in [7, 11) is -57.4. The smallest absolute Gasteiger partial charge is 0.461 e. The molecule has 0 saturated heterocycles. The molecular formula is C67H140F12O16S4Si16. The Bertz CT molecular complexity index is 3660. The van der Waals surface area contributed by atoms with E-state index in [1.807, 2.05) is 61.9 Å². The van der Waals surface area contributed by atoms with Crippen LogP contribution in [0.4, 0.5) is 52.7 Å². The Labute approximate surface area is 704 Å². The monoisotopic (exact) mass is 2000 g/mol. The van der Waals surface area contributed by atoms with Gasteiger partial charge in [0.15, 0.2) is 110 Å². The van der Waals surface area contributed by atoms with Crippen LogP contribution in [0, 0.1) is 0 Å². The van der Waals surface area contributed by atoms with Crippen LogP contribution < -0.4 is 10.4 Å². The summed E-state index contributed by atoms with van der Waals surface area (Å²) in [5.74, 6) is 0. The molecule has 0 fully saturated rings. The third-order valence-electron chi connectivity index (χ3n) is 17.3. The van der Waals surface area contributed by atoms with Crippen molar-refractivity contribution in [3.8, 4) is 0 Å². The molecule has 2 aromatic rings. The Morgan fingerprint density at radius 2 is 0.574 bits per heavy atom. The second kappa shape index (κ2) is 45.6. The molecule has 48 heteroatoms. The summed E-state index contributed by atoms with van der Waals surface area (Å²) in [6, 6.07) is 25.4. The zero-order valence-electron chi connectivity index (χ0n) is 73.9. The lowest BCUT2D eigenvalue weighted by atomic mass is 10.4. The molecule has 0 aliphatic rings. The minimum Gasteiger partial charge on any atom is -0.461 e. The van der Waals surface area contributed by atoms with Crippen LogP contribution in [0.25, 0.3) is 0 Å². The highest BCUT2D eigenvalue weighted by molar-refractivity contribution is 8.10. The van der Waals surface area contributed by atoms with E-state index >= 15 is 0 Å². The van der Waals surface area contributed by atoms with Crippen LogP contribution >= 0.6 is 0 Å². The molecule has 16 nitrogen and oxygen atoms in total. The average molecular weight is 2010 g/mol. The van der Waals surface area contributed by atoms with E-state index in [-0.39, 0.29) is 12.1 Å². The lowest BCUT2D eigenvalue weighted by molar-refractivity contribution is -0.0484. The molecule has 1 unspecified atom stereocenters. The molecule has 0 radical (unpaired) electrons. The van der Waals surface area contributed by atoms with Gasteiger partial charge in [0.1, 0.15) is 0 Å². The summed E-state index contributed by atoms with van der Waals surface area (Å²) in [5.41, 5.74) is -17.8. The highest BCUT2D eigenvalue weighted by atomic mass is 32.3. The van der Waals surface area contributed by atoms with Gasteiger partial charge in [-0.05, 0) is 245 Å². The zero-order chi connectivity index (χ0) is 92.0. The first-order valence-corrected chi connectivity index (χ1v) is 89.9. The third-order valence-corrected chi connectivity index (χ3v) is 78.9. The predicted octanol–water partition coefficient (Wildman–Crippen LogP) is 20.0.